The molecule has 1 aliphatic carbocycles. The molecule has 1 heterocycles. The summed E-state index contributed by atoms with van der Waals surface area (Å²) in [6, 6.07) is 4.46. The summed E-state index contributed by atoms with van der Waals surface area (Å²) < 4.78 is 12.9. The maximum absolute atomic E-state index is 12.9. The van der Waals surface area contributed by atoms with E-state index in [1.54, 1.807) is 0 Å². The summed E-state index contributed by atoms with van der Waals surface area (Å²) in [6.07, 6.45) is 5.19. The summed E-state index contributed by atoms with van der Waals surface area (Å²) in [6.45, 7) is 0. The van der Waals surface area contributed by atoms with Crippen LogP contribution < -0.4 is 5.32 Å². The van der Waals surface area contributed by atoms with Gasteiger partial charge < -0.3 is 5.32 Å². The van der Waals surface area contributed by atoms with Crippen LogP contribution in [-0.2, 0) is 0 Å². The molecule has 17 heavy (non-hydrogen) atoms. The van der Waals surface area contributed by atoms with Crippen LogP contribution in [0.5, 0.6) is 0 Å². The van der Waals surface area contributed by atoms with E-state index in [1.165, 1.54) is 18.2 Å². The third-order valence-electron chi connectivity index (χ3n) is 3.00. The van der Waals surface area contributed by atoms with Crippen LogP contribution in [0.15, 0.2) is 18.2 Å². The van der Waals surface area contributed by atoms with E-state index < -0.39 is 5.95 Å². The second kappa shape index (κ2) is 5.49. The fourth-order valence-corrected chi connectivity index (χ4v) is 2.88. The number of rotatable bonds is 3. The molecule has 0 spiro atoms. The quantitative estimate of drug-likeness (QED) is 0.841. The van der Waals surface area contributed by atoms with Gasteiger partial charge in [-0.15, -0.1) is 0 Å². The number of hydrogen-bond acceptors (Lipinski definition) is 3. The minimum absolute atomic E-state index is 0.151. The monoisotopic (exact) mass is 254 g/mol. The van der Waals surface area contributed by atoms with Crippen molar-refractivity contribution in [3.05, 3.63) is 29.8 Å². The van der Waals surface area contributed by atoms with Crippen molar-refractivity contribution < 1.29 is 9.18 Å². The van der Waals surface area contributed by atoms with Crippen LogP contribution in [0, 0.1) is 5.95 Å². The predicted octanol–water partition coefficient (Wildman–Crippen LogP) is 2.23. The first-order valence-corrected chi connectivity index (χ1v) is 6.94. The van der Waals surface area contributed by atoms with Gasteiger partial charge in [-0.3, -0.25) is 4.79 Å². The van der Waals surface area contributed by atoms with Crippen LogP contribution in [0.1, 0.15) is 29.8 Å². The highest BCUT2D eigenvalue weighted by molar-refractivity contribution is 7.99. The Morgan fingerprint density at radius 3 is 3.00 bits per heavy atom. The average Bonchev–Trinajstić information content (AvgIpc) is 2.77. The summed E-state index contributed by atoms with van der Waals surface area (Å²) >= 11 is 1.83. The number of aromatic nitrogens is 1. The van der Waals surface area contributed by atoms with E-state index in [9.17, 15) is 9.18 Å². The number of pyridine rings is 1. The fraction of sp³-hybridized carbons (Fsp3) is 0.500. The first-order chi connectivity index (χ1) is 8.19. The van der Waals surface area contributed by atoms with Crippen molar-refractivity contribution in [2.24, 2.45) is 0 Å². The molecule has 5 heteroatoms. The lowest BCUT2D eigenvalue weighted by Gasteiger charge is -2.12. The highest BCUT2D eigenvalue weighted by atomic mass is 32.2. The smallest absolute Gasteiger partial charge is 0.270 e. The summed E-state index contributed by atoms with van der Waals surface area (Å²) in [5.41, 5.74) is 0.151. The molecule has 1 amide bonds. The molecule has 0 aromatic carbocycles. The topological polar surface area (TPSA) is 42.0 Å². The summed E-state index contributed by atoms with van der Waals surface area (Å²) in [7, 11) is 0. The van der Waals surface area contributed by atoms with Gasteiger partial charge in [0, 0.05) is 11.3 Å². The number of hydrogen-bond donors (Lipinski definition) is 1. The average molecular weight is 254 g/mol. The van der Waals surface area contributed by atoms with Gasteiger partial charge in [0.25, 0.3) is 5.91 Å². The Labute approximate surface area is 104 Å². The van der Waals surface area contributed by atoms with Gasteiger partial charge in [0.2, 0.25) is 5.95 Å². The van der Waals surface area contributed by atoms with E-state index in [1.807, 2.05) is 11.8 Å². The van der Waals surface area contributed by atoms with Crippen molar-refractivity contribution >= 4 is 17.7 Å². The maximum Gasteiger partial charge on any atom is 0.270 e. The van der Waals surface area contributed by atoms with Crippen LogP contribution in [0.2, 0.25) is 0 Å². The van der Waals surface area contributed by atoms with Crippen molar-refractivity contribution in [2.45, 2.75) is 30.6 Å². The summed E-state index contributed by atoms with van der Waals surface area (Å²) in [5, 5.41) is 3.53. The normalized spacial score (nSPS) is 23.6. The molecule has 2 rings (SSSR count). The van der Waals surface area contributed by atoms with E-state index in [2.05, 4.69) is 16.6 Å². The number of carbonyl (C=O) groups excluding carboxylic acids is 1. The minimum Gasteiger partial charge on any atom is -0.348 e. The van der Waals surface area contributed by atoms with Gasteiger partial charge >= 0.3 is 0 Å². The van der Waals surface area contributed by atoms with E-state index in [0.29, 0.717) is 5.25 Å². The molecule has 1 N–H and O–H groups in total. The van der Waals surface area contributed by atoms with Crippen LogP contribution in [0.25, 0.3) is 0 Å². The number of thioether (sulfide) groups is 1. The van der Waals surface area contributed by atoms with Crippen LogP contribution >= 0.6 is 11.8 Å². The van der Waals surface area contributed by atoms with Gasteiger partial charge in [0.15, 0.2) is 0 Å². The summed E-state index contributed by atoms with van der Waals surface area (Å²) in [4.78, 5) is 15.4. The number of amides is 1. The number of carbonyl (C=O) groups is 1. The van der Waals surface area contributed by atoms with Crippen molar-refractivity contribution in [1.29, 1.82) is 0 Å². The SMILES string of the molecule is CSC1CCC(NC(=O)c2cccc(F)n2)C1. The van der Waals surface area contributed by atoms with Crippen molar-refractivity contribution in [2.75, 3.05) is 6.26 Å². The zero-order valence-corrected chi connectivity index (χ0v) is 10.5. The predicted molar refractivity (Wildman–Crippen MR) is 66.6 cm³/mol. The van der Waals surface area contributed by atoms with Gasteiger partial charge in [-0.05, 0) is 37.7 Å². The second-order valence-electron chi connectivity index (χ2n) is 4.19. The van der Waals surface area contributed by atoms with Crippen LogP contribution in [-0.4, -0.2) is 28.4 Å². The molecule has 0 aliphatic heterocycles. The highest BCUT2D eigenvalue weighted by Crippen LogP contribution is 2.28. The lowest BCUT2D eigenvalue weighted by atomic mass is 10.2. The van der Waals surface area contributed by atoms with E-state index in [4.69, 9.17) is 0 Å². The third-order valence-corrected chi connectivity index (χ3v) is 4.10. The molecule has 1 aliphatic rings. The molecule has 92 valence electrons. The Bertz CT molecular complexity index is 413. The van der Waals surface area contributed by atoms with E-state index >= 15 is 0 Å². The maximum atomic E-state index is 12.9. The number of nitrogens with zero attached hydrogens (tertiary/aromatic N) is 1. The highest BCUT2D eigenvalue weighted by Gasteiger charge is 2.25. The molecule has 1 fully saturated rings. The Hall–Kier alpha value is -1.10. The van der Waals surface area contributed by atoms with Crippen molar-refractivity contribution in [3.8, 4) is 0 Å². The van der Waals surface area contributed by atoms with Gasteiger partial charge in [-0.1, -0.05) is 6.07 Å². The van der Waals surface area contributed by atoms with E-state index in [0.717, 1.165) is 19.3 Å². The zero-order chi connectivity index (χ0) is 12.3. The van der Waals surface area contributed by atoms with Crippen LogP contribution in [0.3, 0.4) is 0 Å². The van der Waals surface area contributed by atoms with Gasteiger partial charge in [0.05, 0.1) is 0 Å². The zero-order valence-electron chi connectivity index (χ0n) is 9.65. The Morgan fingerprint density at radius 1 is 1.53 bits per heavy atom. The molecule has 3 nitrogen and oxygen atoms in total. The number of nitrogens with one attached hydrogen (secondary N) is 1. The first-order valence-electron chi connectivity index (χ1n) is 5.65. The van der Waals surface area contributed by atoms with Crippen LogP contribution in [0.4, 0.5) is 4.39 Å². The molecular weight excluding hydrogens is 239 g/mol. The Balaban J connectivity index is 1.94. The molecule has 1 saturated carbocycles. The first kappa shape index (κ1) is 12.4. The molecule has 0 saturated heterocycles. The second-order valence-corrected chi connectivity index (χ2v) is 5.32. The molecule has 2 atom stereocenters. The van der Waals surface area contributed by atoms with Gasteiger partial charge in [-0.25, -0.2) is 4.98 Å². The molecule has 1 aromatic heterocycles. The van der Waals surface area contributed by atoms with Crippen molar-refractivity contribution in [3.63, 3.8) is 0 Å². The largest absolute Gasteiger partial charge is 0.348 e. The van der Waals surface area contributed by atoms with Gasteiger partial charge in [0.1, 0.15) is 5.69 Å². The molecular formula is C12H15FN2OS. The summed E-state index contributed by atoms with van der Waals surface area (Å²) in [5.74, 6) is -0.901. The fourth-order valence-electron chi connectivity index (χ4n) is 2.08. The number of halogens is 1. The molecule has 0 bridgehead atoms. The molecule has 2 unspecified atom stereocenters. The third kappa shape index (κ3) is 3.19. The van der Waals surface area contributed by atoms with Crippen molar-refractivity contribution in [1.82, 2.24) is 10.3 Å². The lowest BCUT2D eigenvalue weighted by Crippen LogP contribution is -2.33. The standard InChI is InChI=1S/C12H15FN2OS/c1-17-9-6-5-8(7-9)14-12(16)10-3-2-4-11(13)15-10/h2-4,8-9H,5-7H2,1H3,(H,14,16). The minimum atomic E-state index is -0.619. The van der Waals surface area contributed by atoms with E-state index in [-0.39, 0.29) is 17.6 Å². The lowest BCUT2D eigenvalue weighted by molar-refractivity contribution is 0.0931. The van der Waals surface area contributed by atoms with Gasteiger partial charge in [-0.2, -0.15) is 16.2 Å². The molecule has 0 radical (unpaired) electrons. The Morgan fingerprint density at radius 2 is 2.35 bits per heavy atom. The molecule has 1 aromatic rings. The Kier molecular flexibility index (Phi) is 3.99.